The minimum absolute atomic E-state index is 0.220. The maximum atomic E-state index is 12.7. The maximum Gasteiger partial charge on any atom is 0.320 e. The summed E-state index contributed by atoms with van der Waals surface area (Å²) in [6.45, 7) is 0. The summed E-state index contributed by atoms with van der Waals surface area (Å²) in [5.41, 5.74) is 1.52. The Kier molecular flexibility index (Phi) is 4.79. The molecule has 1 aliphatic rings. The number of carbonyl (C=O) groups excluding carboxylic acids is 1. The van der Waals surface area contributed by atoms with Crippen molar-refractivity contribution in [3.8, 4) is 11.5 Å². The van der Waals surface area contributed by atoms with Crippen LogP contribution in [0.15, 0.2) is 84.9 Å². The molecule has 27 heavy (non-hydrogen) atoms. The minimum Gasteiger partial charge on any atom is -0.455 e. The number of hydrogen-bond donors (Lipinski definition) is 2. The minimum atomic E-state index is -0.277. The molecule has 0 radical (unpaired) electrons. The molecule has 0 heterocycles. The molecule has 2 amide bonds. The molecule has 0 saturated heterocycles. The Hall–Kier alpha value is -3.27. The van der Waals surface area contributed by atoms with E-state index < -0.39 is 0 Å². The fraction of sp³-hybridized carbons (Fsp3) is 0.174. The van der Waals surface area contributed by atoms with E-state index in [1.54, 1.807) is 0 Å². The third-order valence-corrected chi connectivity index (χ3v) is 4.99. The second-order valence-electron chi connectivity index (χ2n) is 6.79. The molecule has 4 rings (SSSR count). The van der Waals surface area contributed by atoms with Gasteiger partial charge < -0.3 is 15.4 Å². The van der Waals surface area contributed by atoms with Gasteiger partial charge in [0.1, 0.15) is 5.75 Å². The number of amides is 2. The number of urea groups is 1. The predicted octanol–water partition coefficient (Wildman–Crippen LogP) is 5.68. The smallest absolute Gasteiger partial charge is 0.320 e. The van der Waals surface area contributed by atoms with E-state index in [2.05, 4.69) is 22.8 Å². The number of nitrogens with one attached hydrogen (secondary N) is 2. The maximum absolute atomic E-state index is 12.7. The Bertz CT molecular complexity index is 906. The van der Waals surface area contributed by atoms with Gasteiger partial charge in [-0.1, -0.05) is 60.7 Å². The fourth-order valence-corrected chi connectivity index (χ4v) is 3.42. The van der Waals surface area contributed by atoms with Gasteiger partial charge >= 0.3 is 6.03 Å². The van der Waals surface area contributed by atoms with Gasteiger partial charge in [-0.05, 0) is 49.1 Å². The SMILES string of the molecule is O=C(Nc1ccccc1Oc1ccccc1)NC1(c2ccccc2)CCC1. The predicted molar refractivity (Wildman–Crippen MR) is 107 cm³/mol. The molecule has 4 nitrogen and oxygen atoms in total. The van der Waals surface area contributed by atoms with Crippen molar-refractivity contribution in [2.75, 3.05) is 5.32 Å². The van der Waals surface area contributed by atoms with Crippen LogP contribution in [0.25, 0.3) is 0 Å². The highest BCUT2D eigenvalue weighted by Crippen LogP contribution is 2.41. The van der Waals surface area contributed by atoms with E-state index in [9.17, 15) is 4.79 Å². The molecule has 0 unspecified atom stereocenters. The van der Waals surface area contributed by atoms with E-state index in [0.717, 1.165) is 30.6 Å². The summed E-state index contributed by atoms with van der Waals surface area (Å²) < 4.78 is 5.92. The zero-order valence-electron chi connectivity index (χ0n) is 15.0. The van der Waals surface area contributed by atoms with Crippen molar-refractivity contribution in [3.05, 3.63) is 90.5 Å². The van der Waals surface area contributed by atoms with Gasteiger partial charge in [0, 0.05) is 0 Å². The number of hydrogen-bond acceptors (Lipinski definition) is 2. The fourth-order valence-electron chi connectivity index (χ4n) is 3.42. The van der Waals surface area contributed by atoms with E-state index in [-0.39, 0.29) is 11.6 Å². The molecular weight excluding hydrogens is 336 g/mol. The molecule has 0 aromatic heterocycles. The van der Waals surface area contributed by atoms with Gasteiger partial charge in [0.2, 0.25) is 0 Å². The van der Waals surface area contributed by atoms with Crippen LogP contribution < -0.4 is 15.4 Å². The molecule has 136 valence electrons. The van der Waals surface area contributed by atoms with Crippen LogP contribution in [0.4, 0.5) is 10.5 Å². The first-order valence-corrected chi connectivity index (χ1v) is 9.22. The van der Waals surface area contributed by atoms with Gasteiger partial charge in [0.25, 0.3) is 0 Å². The average Bonchev–Trinajstić information content (AvgIpc) is 2.68. The first-order chi connectivity index (χ1) is 13.3. The first-order valence-electron chi connectivity index (χ1n) is 9.22. The van der Waals surface area contributed by atoms with Gasteiger partial charge in [-0.25, -0.2) is 4.79 Å². The van der Waals surface area contributed by atoms with E-state index in [1.165, 1.54) is 0 Å². The third kappa shape index (κ3) is 3.80. The highest BCUT2D eigenvalue weighted by molar-refractivity contribution is 5.91. The molecule has 1 fully saturated rings. The van der Waals surface area contributed by atoms with Crippen LogP contribution in [0.1, 0.15) is 24.8 Å². The van der Waals surface area contributed by atoms with E-state index in [4.69, 9.17) is 4.74 Å². The Labute approximate surface area is 159 Å². The standard InChI is InChI=1S/C23H22N2O2/c26-22(25-23(16-9-17-23)18-10-3-1-4-11-18)24-20-14-7-8-15-21(20)27-19-12-5-2-6-13-19/h1-8,10-15H,9,16-17H2,(H2,24,25,26). The van der Waals surface area contributed by atoms with Crippen LogP contribution in [0.3, 0.4) is 0 Å². The van der Waals surface area contributed by atoms with Crippen molar-refractivity contribution < 1.29 is 9.53 Å². The number of carbonyl (C=O) groups is 1. The van der Waals surface area contributed by atoms with Gasteiger partial charge in [-0.3, -0.25) is 0 Å². The summed E-state index contributed by atoms with van der Waals surface area (Å²) in [7, 11) is 0. The lowest BCUT2D eigenvalue weighted by molar-refractivity contribution is 0.185. The molecule has 1 aliphatic carbocycles. The normalized spacial score (nSPS) is 14.7. The van der Waals surface area contributed by atoms with E-state index >= 15 is 0 Å². The van der Waals surface area contributed by atoms with Crippen LogP contribution in [-0.2, 0) is 5.54 Å². The Morgan fingerprint density at radius 3 is 2.11 bits per heavy atom. The van der Waals surface area contributed by atoms with Gasteiger partial charge in [-0.15, -0.1) is 0 Å². The van der Waals surface area contributed by atoms with Crippen LogP contribution in [0.2, 0.25) is 0 Å². The van der Waals surface area contributed by atoms with Gasteiger partial charge in [0.05, 0.1) is 11.2 Å². The second-order valence-corrected chi connectivity index (χ2v) is 6.79. The summed E-state index contributed by atoms with van der Waals surface area (Å²) in [5.74, 6) is 1.34. The second kappa shape index (κ2) is 7.54. The Balaban J connectivity index is 1.49. The largest absolute Gasteiger partial charge is 0.455 e. The van der Waals surface area contributed by atoms with Crippen molar-refractivity contribution in [1.29, 1.82) is 0 Å². The molecule has 1 saturated carbocycles. The quantitative estimate of drug-likeness (QED) is 0.616. The lowest BCUT2D eigenvalue weighted by Crippen LogP contribution is -2.52. The average molecular weight is 358 g/mol. The zero-order valence-corrected chi connectivity index (χ0v) is 15.0. The topological polar surface area (TPSA) is 50.4 Å². The molecular formula is C23H22N2O2. The highest BCUT2D eigenvalue weighted by atomic mass is 16.5. The first kappa shape index (κ1) is 17.2. The van der Waals surface area contributed by atoms with Crippen LogP contribution in [0.5, 0.6) is 11.5 Å². The number of anilines is 1. The molecule has 4 heteroatoms. The molecule has 3 aromatic rings. The summed E-state index contributed by atoms with van der Waals surface area (Å²) in [4.78, 5) is 12.7. The Morgan fingerprint density at radius 2 is 1.44 bits per heavy atom. The number of para-hydroxylation sites is 3. The lowest BCUT2D eigenvalue weighted by atomic mass is 9.72. The van der Waals surface area contributed by atoms with Crippen LogP contribution in [0, 0.1) is 0 Å². The molecule has 0 atom stereocenters. The highest BCUT2D eigenvalue weighted by Gasteiger charge is 2.40. The van der Waals surface area contributed by atoms with Crippen LogP contribution >= 0.6 is 0 Å². The summed E-state index contributed by atoms with van der Waals surface area (Å²) in [5, 5.41) is 6.13. The van der Waals surface area contributed by atoms with E-state index in [1.807, 2.05) is 72.8 Å². The molecule has 0 spiro atoms. The van der Waals surface area contributed by atoms with Gasteiger partial charge in [0.15, 0.2) is 5.75 Å². The summed E-state index contributed by atoms with van der Waals surface area (Å²) in [6, 6.07) is 26.9. The monoisotopic (exact) mass is 358 g/mol. The molecule has 0 bridgehead atoms. The van der Waals surface area contributed by atoms with Crippen molar-refractivity contribution >= 4 is 11.7 Å². The van der Waals surface area contributed by atoms with Crippen LogP contribution in [-0.4, -0.2) is 6.03 Å². The van der Waals surface area contributed by atoms with Crippen molar-refractivity contribution in [1.82, 2.24) is 5.32 Å². The number of rotatable bonds is 5. The lowest BCUT2D eigenvalue weighted by Gasteiger charge is -2.43. The van der Waals surface area contributed by atoms with E-state index in [0.29, 0.717) is 11.4 Å². The van der Waals surface area contributed by atoms with Gasteiger partial charge in [-0.2, -0.15) is 0 Å². The van der Waals surface area contributed by atoms with Crippen molar-refractivity contribution in [2.45, 2.75) is 24.8 Å². The van der Waals surface area contributed by atoms with Crippen molar-refractivity contribution in [3.63, 3.8) is 0 Å². The summed E-state index contributed by atoms with van der Waals surface area (Å²) >= 11 is 0. The van der Waals surface area contributed by atoms with Crippen molar-refractivity contribution in [2.24, 2.45) is 0 Å². The number of benzene rings is 3. The summed E-state index contributed by atoms with van der Waals surface area (Å²) in [6.07, 6.45) is 3.02. The molecule has 0 aliphatic heterocycles. The molecule has 3 aromatic carbocycles. The molecule has 2 N–H and O–H groups in total. The number of ether oxygens (including phenoxy) is 1. The third-order valence-electron chi connectivity index (χ3n) is 4.99. The Morgan fingerprint density at radius 1 is 0.815 bits per heavy atom. The zero-order chi connectivity index (χ0) is 18.5.